The zero-order chi connectivity index (χ0) is 18.6. The molecule has 1 N–H and O–H groups in total. The summed E-state index contributed by atoms with van der Waals surface area (Å²) in [6, 6.07) is 9.91. The molecule has 7 nitrogen and oxygen atoms in total. The Morgan fingerprint density at radius 1 is 1.19 bits per heavy atom. The lowest BCUT2D eigenvalue weighted by molar-refractivity contribution is -0.119. The number of thiazole rings is 1. The van der Waals surface area contributed by atoms with Gasteiger partial charge in [-0.1, -0.05) is 41.7 Å². The number of aromatic nitrogens is 3. The number of nitriles is 1. The Hall–Kier alpha value is -3.31. The van der Waals surface area contributed by atoms with E-state index in [0.29, 0.717) is 18.2 Å². The summed E-state index contributed by atoms with van der Waals surface area (Å²) in [6.45, 7) is 0.855. The number of carbonyl (C=O) groups is 1. The fraction of sp³-hybridized carbons (Fsp3) is 0.211. The predicted octanol–water partition coefficient (Wildman–Crippen LogP) is 2.74. The molecule has 2 atom stereocenters. The minimum atomic E-state index is -0.361. The fourth-order valence-corrected chi connectivity index (χ4v) is 4.08. The van der Waals surface area contributed by atoms with Crippen molar-refractivity contribution in [2.45, 2.75) is 5.92 Å². The van der Waals surface area contributed by atoms with Gasteiger partial charge in [0.25, 0.3) is 0 Å². The van der Waals surface area contributed by atoms with Crippen molar-refractivity contribution < 1.29 is 4.79 Å². The first-order valence-electron chi connectivity index (χ1n) is 8.46. The molecule has 8 heteroatoms. The van der Waals surface area contributed by atoms with E-state index < -0.39 is 0 Å². The Morgan fingerprint density at radius 2 is 1.96 bits per heavy atom. The maximum Gasteiger partial charge on any atom is 0.231 e. The van der Waals surface area contributed by atoms with E-state index in [4.69, 9.17) is 0 Å². The van der Waals surface area contributed by atoms with Gasteiger partial charge in [0.15, 0.2) is 11.3 Å². The molecule has 2 aromatic heterocycles. The van der Waals surface area contributed by atoms with Crippen molar-refractivity contribution in [3.05, 3.63) is 60.8 Å². The number of hydrogen-bond donors (Lipinski definition) is 1. The van der Waals surface area contributed by atoms with Crippen molar-refractivity contribution in [2.75, 3.05) is 18.4 Å². The fourth-order valence-electron chi connectivity index (χ4n) is 3.26. The second-order valence-electron chi connectivity index (χ2n) is 6.27. The number of likely N-dealkylation sites (tertiary alicyclic amines) is 1. The van der Waals surface area contributed by atoms with E-state index in [0.717, 1.165) is 16.0 Å². The standard InChI is InChI=1S/C19H16N6OS/c20-11-25-9-15(14-6-21-12-22-7-14)16(10-25)18(26)24-19-23-8-17(27-19)13-4-2-1-3-5-13/h1-8,12,15-16H,9-10H2,(H,23,24,26)/t15-,16+/m1/s1. The molecule has 3 heterocycles. The lowest BCUT2D eigenvalue weighted by Gasteiger charge is -2.16. The van der Waals surface area contributed by atoms with E-state index >= 15 is 0 Å². The SMILES string of the molecule is N#CN1C[C@H](C(=O)Nc2ncc(-c3ccccc3)s2)[C@@H](c2cncnc2)C1. The smallest absolute Gasteiger partial charge is 0.231 e. The molecule has 134 valence electrons. The maximum atomic E-state index is 12.9. The predicted molar refractivity (Wildman–Crippen MR) is 102 cm³/mol. The van der Waals surface area contributed by atoms with Crippen LogP contribution in [0, 0.1) is 17.4 Å². The van der Waals surface area contributed by atoms with Gasteiger partial charge in [-0.25, -0.2) is 15.0 Å². The van der Waals surface area contributed by atoms with Gasteiger partial charge in [-0.05, 0) is 11.1 Å². The first-order valence-corrected chi connectivity index (χ1v) is 9.28. The molecule has 1 aliphatic rings. The number of benzene rings is 1. The van der Waals surface area contributed by atoms with Gasteiger partial charge < -0.3 is 10.2 Å². The van der Waals surface area contributed by atoms with E-state index in [1.165, 1.54) is 17.7 Å². The Balaban J connectivity index is 1.52. The third-order valence-electron chi connectivity index (χ3n) is 4.60. The largest absolute Gasteiger partial charge is 0.309 e. The van der Waals surface area contributed by atoms with E-state index in [-0.39, 0.29) is 17.7 Å². The van der Waals surface area contributed by atoms with Crippen LogP contribution in [-0.2, 0) is 4.79 Å². The summed E-state index contributed by atoms with van der Waals surface area (Å²) in [7, 11) is 0. The first-order chi connectivity index (χ1) is 13.2. The van der Waals surface area contributed by atoms with E-state index in [1.54, 1.807) is 23.5 Å². The van der Waals surface area contributed by atoms with Gasteiger partial charge >= 0.3 is 0 Å². The van der Waals surface area contributed by atoms with Crippen LogP contribution in [0.25, 0.3) is 10.4 Å². The van der Waals surface area contributed by atoms with Crippen LogP contribution < -0.4 is 5.32 Å². The van der Waals surface area contributed by atoms with Gasteiger partial charge in [-0.15, -0.1) is 0 Å². The minimum Gasteiger partial charge on any atom is -0.309 e. The second-order valence-corrected chi connectivity index (χ2v) is 7.31. The summed E-state index contributed by atoms with van der Waals surface area (Å²) in [6.07, 6.45) is 8.76. The van der Waals surface area contributed by atoms with Crippen LogP contribution in [0.1, 0.15) is 11.5 Å². The molecule has 1 aromatic carbocycles. The zero-order valence-electron chi connectivity index (χ0n) is 14.3. The maximum absolute atomic E-state index is 12.9. The molecule has 0 aliphatic carbocycles. The third-order valence-corrected chi connectivity index (χ3v) is 5.56. The number of nitrogens with one attached hydrogen (secondary N) is 1. The summed E-state index contributed by atoms with van der Waals surface area (Å²) in [5.74, 6) is -0.630. The zero-order valence-corrected chi connectivity index (χ0v) is 15.1. The van der Waals surface area contributed by atoms with Gasteiger partial charge in [0.1, 0.15) is 6.33 Å². The number of nitrogens with zero attached hydrogens (tertiary/aromatic N) is 5. The van der Waals surface area contributed by atoms with Crippen molar-refractivity contribution in [3.8, 4) is 16.6 Å². The van der Waals surface area contributed by atoms with Gasteiger partial charge in [-0.3, -0.25) is 4.79 Å². The molecule has 4 rings (SSSR count). The first kappa shape index (κ1) is 17.1. The van der Waals surface area contributed by atoms with Crippen LogP contribution in [0.3, 0.4) is 0 Å². The average Bonchev–Trinajstić information content (AvgIpc) is 3.36. The Morgan fingerprint density at radius 3 is 2.70 bits per heavy atom. The average molecular weight is 376 g/mol. The quantitative estimate of drug-likeness (QED) is 0.704. The van der Waals surface area contributed by atoms with E-state index in [2.05, 4.69) is 26.5 Å². The van der Waals surface area contributed by atoms with Gasteiger partial charge in [0, 0.05) is 37.6 Å². The molecule has 27 heavy (non-hydrogen) atoms. The Bertz CT molecular complexity index is 969. The molecule has 1 aliphatic heterocycles. The van der Waals surface area contributed by atoms with Crippen molar-refractivity contribution in [1.29, 1.82) is 5.26 Å². The van der Waals surface area contributed by atoms with Crippen molar-refractivity contribution in [3.63, 3.8) is 0 Å². The van der Waals surface area contributed by atoms with Crippen LogP contribution in [0.4, 0.5) is 5.13 Å². The molecule has 0 bridgehead atoms. The molecular weight excluding hydrogens is 360 g/mol. The molecule has 3 aromatic rings. The topological polar surface area (TPSA) is 94.8 Å². The summed E-state index contributed by atoms with van der Waals surface area (Å²) >= 11 is 1.43. The molecule has 1 amide bonds. The van der Waals surface area contributed by atoms with Crippen LogP contribution in [0.5, 0.6) is 0 Å². The number of carbonyl (C=O) groups excluding carboxylic acids is 1. The summed E-state index contributed by atoms with van der Waals surface area (Å²) < 4.78 is 0. The third kappa shape index (κ3) is 3.64. The molecular formula is C19H16N6OS. The van der Waals surface area contributed by atoms with Gasteiger partial charge in [0.2, 0.25) is 5.91 Å². The highest BCUT2D eigenvalue weighted by Gasteiger charge is 2.39. The van der Waals surface area contributed by atoms with Gasteiger partial charge in [-0.2, -0.15) is 5.26 Å². The molecule has 1 fully saturated rings. The molecule has 0 saturated carbocycles. The minimum absolute atomic E-state index is 0.126. The molecule has 0 spiro atoms. The van der Waals surface area contributed by atoms with Crippen LogP contribution in [0.15, 0.2) is 55.2 Å². The Kier molecular flexibility index (Phi) is 4.77. The van der Waals surface area contributed by atoms with Gasteiger partial charge in [0.05, 0.1) is 10.8 Å². The number of amides is 1. The van der Waals surface area contributed by atoms with E-state index in [9.17, 15) is 10.1 Å². The molecule has 1 saturated heterocycles. The summed E-state index contributed by atoms with van der Waals surface area (Å²) in [4.78, 5) is 27.9. The highest BCUT2D eigenvalue weighted by Crippen LogP contribution is 2.34. The monoisotopic (exact) mass is 376 g/mol. The summed E-state index contributed by atoms with van der Waals surface area (Å²) in [5.41, 5.74) is 1.92. The molecule has 0 unspecified atom stereocenters. The normalized spacial score (nSPS) is 18.9. The van der Waals surface area contributed by atoms with Crippen molar-refractivity contribution >= 4 is 22.4 Å². The van der Waals surface area contributed by atoms with Crippen molar-refractivity contribution in [2.24, 2.45) is 5.92 Å². The van der Waals surface area contributed by atoms with E-state index in [1.807, 2.05) is 30.3 Å². The van der Waals surface area contributed by atoms with Crippen LogP contribution in [-0.4, -0.2) is 38.8 Å². The number of rotatable bonds is 4. The number of hydrogen-bond acceptors (Lipinski definition) is 7. The highest BCUT2D eigenvalue weighted by molar-refractivity contribution is 7.19. The highest BCUT2D eigenvalue weighted by atomic mass is 32.1. The molecule has 0 radical (unpaired) electrons. The number of anilines is 1. The lowest BCUT2D eigenvalue weighted by atomic mass is 9.90. The Labute approximate surface area is 160 Å². The summed E-state index contributed by atoms with van der Waals surface area (Å²) in [5, 5.41) is 12.7. The second kappa shape index (κ2) is 7.51. The van der Waals surface area contributed by atoms with Crippen molar-refractivity contribution in [1.82, 2.24) is 19.9 Å². The lowest BCUT2D eigenvalue weighted by Crippen LogP contribution is -2.28. The van der Waals surface area contributed by atoms with Crippen LogP contribution >= 0.6 is 11.3 Å². The van der Waals surface area contributed by atoms with Crippen LogP contribution in [0.2, 0.25) is 0 Å².